The van der Waals surface area contributed by atoms with Crippen LogP contribution in [0.25, 0.3) is 16.6 Å². The summed E-state index contributed by atoms with van der Waals surface area (Å²) in [6, 6.07) is 25.2. The van der Waals surface area contributed by atoms with Crippen LogP contribution in [0.3, 0.4) is 0 Å². The second kappa shape index (κ2) is 10.6. The summed E-state index contributed by atoms with van der Waals surface area (Å²) in [6.45, 7) is 15.6. The summed E-state index contributed by atoms with van der Waals surface area (Å²) in [6.07, 6.45) is 0. The van der Waals surface area contributed by atoms with E-state index in [1.807, 2.05) is 42.5 Å². The summed E-state index contributed by atoms with van der Waals surface area (Å²) in [5.74, 6) is 0.591. The Kier molecular flexibility index (Phi) is 7.72. The normalized spacial score (nSPS) is 12.4. The summed E-state index contributed by atoms with van der Waals surface area (Å²) in [5.41, 5.74) is 3.91. The minimum atomic E-state index is -0.850. The van der Waals surface area contributed by atoms with Crippen molar-refractivity contribution in [2.45, 2.75) is 57.8 Å². The lowest BCUT2D eigenvalue weighted by atomic mass is 9.90. The van der Waals surface area contributed by atoms with Gasteiger partial charge in [-0.05, 0) is 53.1 Å². The number of rotatable bonds is 10. The van der Waals surface area contributed by atoms with Gasteiger partial charge in [-0.1, -0.05) is 77.2 Å². The van der Waals surface area contributed by atoms with Gasteiger partial charge in [0.15, 0.2) is 0 Å². The van der Waals surface area contributed by atoms with Gasteiger partial charge in [0.25, 0.3) is 0 Å². The molecule has 1 aromatic heterocycles. The van der Waals surface area contributed by atoms with Crippen LogP contribution in [0.15, 0.2) is 78.9 Å². The van der Waals surface area contributed by atoms with Gasteiger partial charge in [-0.3, -0.25) is 0 Å². The molecule has 0 atom stereocenters. The number of hydrogen-bond acceptors (Lipinski definition) is 2. The first-order valence-corrected chi connectivity index (χ1v) is 15.6. The topological polar surface area (TPSA) is 23.4 Å². The molecule has 5 heteroatoms. The molecule has 190 valence electrons. The highest BCUT2D eigenvalue weighted by atomic mass is 28.3. The molecule has 3 aromatic carbocycles. The molecule has 1 heterocycles. The van der Waals surface area contributed by atoms with E-state index in [2.05, 4.69) is 69.6 Å². The van der Waals surface area contributed by atoms with E-state index >= 15 is 0 Å². The van der Waals surface area contributed by atoms with E-state index in [4.69, 9.17) is 9.47 Å². The van der Waals surface area contributed by atoms with Crippen molar-refractivity contribution in [3.63, 3.8) is 0 Å². The van der Waals surface area contributed by atoms with Crippen LogP contribution < -0.4 is 4.74 Å². The van der Waals surface area contributed by atoms with Crippen LogP contribution in [-0.4, -0.2) is 26.6 Å². The highest BCUT2D eigenvalue weighted by Crippen LogP contribution is 2.38. The first-order valence-electron chi connectivity index (χ1n) is 12.7. The Morgan fingerprint density at radius 2 is 1.53 bits per heavy atom. The molecule has 0 radical (unpaired) electrons. The fourth-order valence-corrected chi connectivity index (χ4v) is 4.69. The van der Waals surface area contributed by atoms with Crippen molar-refractivity contribution in [2.24, 2.45) is 0 Å². The molecule has 0 aliphatic carbocycles. The Labute approximate surface area is 216 Å². The van der Waals surface area contributed by atoms with Crippen molar-refractivity contribution >= 4 is 19.7 Å². The first-order chi connectivity index (χ1) is 17.1. The van der Waals surface area contributed by atoms with Crippen molar-refractivity contribution < 1.29 is 13.9 Å². The monoisotopic (exact) mass is 503 g/mol. The smallest absolute Gasteiger partial charge is 0.129 e. The highest BCUT2D eigenvalue weighted by Gasteiger charge is 2.30. The first kappa shape index (κ1) is 26.2. The molecule has 36 heavy (non-hydrogen) atoms. The predicted octanol–water partition coefficient (Wildman–Crippen LogP) is 7.91. The zero-order chi connectivity index (χ0) is 25.9. The predicted molar refractivity (Wildman–Crippen MR) is 151 cm³/mol. The number of hydrogen-bond donors (Lipinski definition) is 0. The van der Waals surface area contributed by atoms with E-state index in [0.717, 1.165) is 40.2 Å². The average molecular weight is 504 g/mol. The molecular formula is C31H38FNO2Si. The molecule has 3 nitrogen and oxygen atoms in total. The van der Waals surface area contributed by atoms with Gasteiger partial charge in [0.1, 0.15) is 18.2 Å². The molecule has 0 amide bonds. The maximum absolute atomic E-state index is 13.8. The maximum atomic E-state index is 13.8. The van der Waals surface area contributed by atoms with E-state index in [9.17, 15) is 4.39 Å². The zero-order valence-electron chi connectivity index (χ0n) is 22.3. The van der Waals surface area contributed by atoms with Gasteiger partial charge in [0.2, 0.25) is 0 Å². The summed E-state index contributed by atoms with van der Waals surface area (Å²) < 4.78 is 28.7. The van der Waals surface area contributed by atoms with E-state index < -0.39 is 8.80 Å². The average Bonchev–Trinajstić information content (AvgIpc) is 3.25. The lowest BCUT2D eigenvalue weighted by Crippen LogP contribution is -2.32. The Morgan fingerprint density at radius 1 is 0.833 bits per heavy atom. The summed E-state index contributed by atoms with van der Waals surface area (Å²) in [7, 11) is -0.850. The third kappa shape index (κ3) is 5.74. The van der Waals surface area contributed by atoms with E-state index in [1.165, 1.54) is 12.1 Å². The fraction of sp³-hybridized carbons (Fsp3) is 0.355. The molecule has 0 unspecified atom stereocenters. The molecule has 4 rings (SSSR count). The van der Waals surface area contributed by atoms with Crippen molar-refractivity contribution in [1.29, 1.82) is 0 Å². The minimum absolute atomic E-state index is 0.234. The molecule has 0 N–H and O–H groups in total. The molecule has 0 bridgehead atoms. The Morgan fingerprint density at radius 3 is 2.19 bits per heavy atom. The zero-order valence-corrected chi connectivity index (χ0v) is 23.5. The number of aromatic nitrogens is 1. The third-order valence-electron chi connectivity index (χ3n) is 7.32. The Balaban J connectivity index is 1.73. The maximum Gasteiger partial charge on any atom is 0.129 e. The number of nitrogens with zero attached hydrogens (tertiary/aromatic N) is 1. The molecular weight excluding hydrogens is 465 g/mol. The Bertz CT molecular complexity index is 1290. The van der Waals surface area contributed by atoms with Gasteiger partial charge in [0.05, 0.1) is 12.1 Å². The summed E-state index contributed by atoms with van der Waals surface area (Å²) in [4.78, 5) is 0. The molecule has 4 aromatic rings. The van der Waals surface area contributed by atoms with Crippen LogP contribution in [0.1, 0.15) is 39.0 Å². The second-order valence-corrected chi connectivity index (χ2v) is 15.2. The van der Waals surface area contributed by atoms with Crippen molar-refractivity contribution in [3.8, 4) is 11.4 Å². The number of fused-ring (bicyclic) bond motifs is 1. The number of benzene rings is 3. The molecule has 0 aliphatic rings. The lowest BCUT2D eigenvalue weighted by Gasteiger charge is -2.32. The standard InChI is InChI=1S/C31H38FNO2Si/c1-30(2,21-34-22-31(3,4)36(5)6)29-19-26-27(33(29)25-17-15-24(32)16-18-25)13-10-14-28(26)35-20-23-11-8-7-9-12-23/h7-19,36H,20-22H2,1-6H3. The van der Waals surface area contributed by atoms with Crippen LogP contribution in [-0.2, 0) is 16.8 Å². The van der Waals surface area contributed by atoms with Gasteiger partial charge in [-0.15, -0.1) is 0 Å². The SMILES string of the molecule is C[SiH](C)C(C)(C)COCC(C)(C)c1cc2c(OCc3ccccc3)cccc2n1-c1ccc(F)cc1. The molecule has 0 spiro atoms. The van der Waals surface area contributed by atoms with Crippen molar-refractivity contribution in [1.82, 2.24) is 4.57 Å². The van der Waals surface area contributed by atoms with Crippen LogP contribution >= 0.6 is 0 Å². The van der Waals surface area contributed by atoms with Gasteiger partial charge in [0, 0.05) is 37.6 Å². The fourth-order valence-electron chi connectivity index (χ4n) is 4.24. The van der Waals surface area contributed by atoms with E-state index in [0.29, 0.717) is 13.2 Å². The van der Waals surface area contributed by atoms with Gasteiger partial charge < -0.3 is 14.0 Å². The van der Waals surface area contributed by atoms with Crippen LogP contribution in [0.5, 0.6) is 5.75 Å². The van der Waals surface area contributed by atoms with Gasteiger partial charge >= 0.3 is 0 Å². The van der Waals surface area contributed by atoms with E-state index in [-0.39, 0.29) is 16.3 Å². The number of ether oxygens (including phenoxy) is 2. The summed E-state index contributed by atoms with van der Waals surface area (Å²) in [5, 5.41) is 1.27. The largest absolute Gasteiger partial charge is 0.488 e. The molecule has 0 saturated heterocycles. The molecule has 0 aliphatic heterocycles. The number of halogens is 1. The van der Waals surface area contributed by atoms with Crippen LogP contribution in [0.4, 0.5) is 4.39 Å². The quantitative estimate of drug-likeness (QED) is 0.205. The highest BCUT2D eigenvalue weighted by molar-refractivity contribution is 6.59. The Hall–Kier alpha value is -2.89. The van der Waals surface area contributed by atoms with Crippen LogP contribution in [0, 0.1) is 5.82 Å². The van der Waals surface area contributed by atoms with Crippen molar-refractivity contribution in [3.05, 3.63) is 95.9 Å². The third-order valence-corrected chi connectivity index (χ3v) is 10.6. The molecule has 0 fully saturated rings. The second-order valence-electron chi connectivity index (χ2n) is 11.3. The van der Waals surface area contributed by atoms with Crippen molar-refractivity contribution in [2.75, 3.05) is 13.2 Å². The lowest BCUT2D eigenvalue weighted by molar-refractivity contribution is 0.0768. The summed E-state index contributed by atoms with van der Waals surface area (Å²) >= 11 is 0. The van der Waals surface area contributed by atoms with Gasteiger partial charge in [-0.25, -0.2) is 4.39 Å². The van der Waals surface area contributed by atoms with Crippen LogP contribution in [0.2, 0.25) is 18.1 Å². The minimum Gasteiger partial charge on any atom is -0.488 e. The van der Waals surface area contributed by atoms with Gasteiger partial charge in [-0.2, -0.15) is 0 Å². The molecule has 0 saturated carbocycles. The van der Waals surface area contributed by atoms with E-state index in [1.54, 1.807) is 0 Å².